The molecule has 3 atom stereocenters. The molecule has 0 spiro atoms. The van der Waals surface area contributed by atoms with Crippen LogP contribution in [0.5, 0.6) is 0 Å². The van der Waals surface area contributed by atoms with E-state index in [1.807, 2.05) is 6.92 Å². The Morgan fingerprint density at radius 2 is 1.90 bits per heavy atom. The Balaban J connectivity index is 1.52. The SMILES string of the molecule is CNC(=O)[C@@H]1CN([C@H](C)c2ccc(C(F)F)nc2)C(=O)c2c3c(nn21)C[C@@H](C)N(C(=O)c1ccc(Cl)c(Cl)c1)C3. The number of rotatable bonds is 5. The summed E-state index contributed by atoms with van der Waals surface area (Å²) in [6.07, 6.45) is -1.02. The molecule has 1 N–H and O–H groups in total. The number of likely N-dealkylation sites (N-methyl/N-ethyl adjacent to an activating group) is 1. The molecule has 0 saturated heterocycles. The molecule has 2 aliphatic heterocycles. The van der Waals surface area contributed by atoms with Gasteiger partial charge in [-0.3, -0.25) is 19.4 Å². The average Bonchev–Trinajstić information content (AvgIpc) is 3.31. The Labute approximate surface area is 239 Å². The zero-order chi connectivity index (χ0) is 28.9. The minimum atomic E-state index is -2.71. The maximum atomic E-state index is 14.0. The molecule has 5 rings (SSSR count). The molecule has 3 amide bonds. The summed E-state index contributed by atoms with van der Waals surface area (Å²) in [7, 11) is 1.50. The monoisotopic (exact) mass is 590 g/mol. The Morgan fingerprint density at radius 1 is 1.15 bits per heavy atom. The van der Waals surface area contributed by atoms with Crippen LogP contribution in [-0.2, 0) is 17.8 Å². The van der Waals surface area contributed by atoms with Crippen LogP contribution in [0.15, 0.2) is 36.5 Å². The summed E-state index contributed by atoms with van der Waals surface area (Å²) in [6.45, 7) is 3.76. The van der Waals surface area contributed by atoms with E-state index >= 15 is 0 Å². The highest BCUT2D eigenvalue weighted by Crippen LogP contribution is 2.36. The molecule has 13 heteroatoms. The van der Waals surface area contributed by atoms with Gasteiger partial charge in [0.15, 0.2) is 0 Å². The summed E-state index contributed by atoms with van der Waals surface area (Å²) in [4.78, 5) is 47.4. The molecule has 3 aromatic rings. The van der Waals surface area contributed by atoms with Crippen molar-refractivity contribution in [3.05, 3.63) is 80.3 Å². The number of nitrogens with one attached hydrogen (secondary N) is 1. The second-order valence-electron chi connectivity index (χ2n) is 9.91. The number of aromatic nitrogens is 3. The first-order valence-corrected chi connectivity index (χ1v) is 13.4. The van der Waals surface area contributed by atoms with Crippen LogP contribution >= 0.6 is 23.2 Å². The van der Waals surface area contributed by atoms with Gasteiger partial charge in [0.25, 0.3) is 18.2 Å². The van der Waals surface area contributed by atoms with Gasteiger partial charge in [-0.1, -0.05) is 29.3 Å². The molecule has 210 valence electrons. The summed E-state index contributed by atoms with van der Waals surface area (Å²) < 4.78 is 27.5. The molecule has 1 aromatic carbocycles. The topological polar surface area (TPSA) is 100 Å². The van der Waals surface area contributed by atoms with E-state index in [4.69, 9.17) is 23.2 Å². The second-order valence-corrected chi connectivity index (χ2v) is 10.7. The summed E-state index contributed by atoms with van der Waals surface area (Å²) in [6, 6.07) is 5.74. The lowest BCUT2D eigenvalue weighted by Crippen LogP contribution is -2.49. The normalized spacial score (nSPS) is 19.4. The van der Waals surface area contributed by atoms with Crippen LogP contribution in [-0.4, -0.2) is 61.9 Å². The fraction of sp³-hybridized carbons (Fsp3) is 0.370. The van der Waals surface area contributed by atoms with Gasteiger partial charge in [0, 0.05) is 36.8 Å². The maximum absolute atomic E-state index is 14.0. The van der Waals surface area contributed by atoms with Crippen molar-refractivity contribution in [1.82, 2.24) is 29.9 Å². The molecular weight excluding hydrogens is 565 g/mol. The predicted molar refractivity (Wildman–Crippen MR) is 143 cm³/mol. The number of carbonyl (C=O) groups excluding carboxylic acids is 3. The van der Waals surface area contributed by atoms with Gasteiger partial charge in [0.05, 0.1) is 34.9 Å². The Hall–Kier alpha value is -3.57. The number of alkyl halides is 2. The lowest BCUT2D eigenvalue weighted by atomic mass is 9.96. The number of hydrogen-bond donors (Lipinski definition) is 1. The van der Waals surface area contributed by atoms with Crippen LogP contribution < -0.4 is 5.32 Å². The van der Waals surface area contributed by atoms with Crippen molar-refractivity contribution in [3.8, 4) is 0 Å². The third-order valence-corrected chi connectivity index (χ3v) is 8.27. The lowest BCUT2D eigenvalue weighted by Gasteiger charge is -2.38. The van der Waals surface area contributed by atoms with E-state index in [0.717, 1.165) is 0 Å². The summed E-state index contributed by atoms with van der Waals surface area (Å²) >= 11 is 12.2. The van der Waals surface area contributed by atoms with Crippen LogP contribution in [0.1, 0.15) is 75.7 Å². The van der Waals surface area contributed by atoms with Gasteiger partial charge in [0.1, 0.15) is 17.4 Å². The predicted octanol–water partition coefficient (Wildman–Crippen LogP) is 4.61. The number of halogens is 4. The number of fused-ring (bicyclic) bond motifs is 3. The standard InChI is InChI=1S/C27H26Cl2F2N6O3/c1-13-8-21-17(11-35(13)26(39)15-4-6-18(28)19(29)9-15)23-27(40)36(12-22(25(38)32-3)37(23)34-21)14(2)16-5-7-20(24(30)31)33-10-16/h4-7,9-10,13-14,22,24H,8,11-12H2,1-3H3,(H,32,38)/t13-,14-,22+/m1/s1. The third-order valence-electron chi connectivity index (χ3n) is 7.53. The molecular formula is C27H26Cl2F2N6O3. The second kappa shape index (κ2) is 10.8. The molecule has 0 unspecified atom stereocenters. The van der Waals surface area contributed by atoms with Crippen molar-refractivity contribution in [2.45, 2.75) is 51.4 Å². The molecule has 4 heterocycles. The molecule has 0 fully saturated rings. The number of pyridine rings is 1. The van der Waals surface area contributed by atoms with Crippen molar-refractivity contribution in [2.24, 2.45) is 0 Å². The van der Waals surface area contributed by atoms with Crippen LogP contribution in [0.4, 0.5) is 8.78 Å². The number of carbonyl (C=O) groups is 3. The fourth-order valence-electron chi connectivity index (χ4n) is 5.23. The number of hydrogen-bond acceptors (Lipinski definition) is 5. The van der Waals surface area contributed by atoms with Crippen molar-refractivity contribution in [3.63, 3.8) is 0 Å². The molecule has 40 heavy (non-hydrogen) atoms. The van der Waals surface area contributed by atoms with Gasteiger partial charge in [-0.05, 0) is 43.7 Å². The lowest BCUT2D eigenvalue weighted by molar-refractivity contribution is -0.125. The molecule has 2 aromatic heterocycles. The van der Waals surface area contributed by atoms with Gasteiger partial charge in [-0.25, -0.2) is 13.5 Å². The molecule has 0 saturated carbocycles. The van der Waals surface area contributed by atoms with Gasteiger partial charge in [-0.15, -0.1) is 0 Å². The summed E-state index contributed by atoms with van der Waals surface area (Å²) in [5.74, 6) is -0.997. The minimum absolute atomic E-state index is 0.0192. The number of benzene rings is 1. The highest BCUT2D eigenvalue weighted by molar-refractivity contribution is 6.42. The number of nitrogens with zero attached hydrogens (tertiary/aromatic N) is 5. The van der Waals surface area contributed by atoms with Gasteiger partial charge >= 0.3 is 0 Å². The van der Waals surface area contributed by atoms with E-state index in [1.165, 1.54) is 41.0 Å². The molecule has 2 aliphatic rings. The van der Waals surface area contributed by atoms with E-state index in [-0.39, 0.29) is 53.3 Å². The molecule has 0 radical (unpaired) electrons. The van der Waals surface area contributed by atoms with Gasteiger partial charge in [-0.2, -0.15) is 5.10 Å². The first-order chi connectivity index (χ1) is 19.0. The molecule has 0 aliphatic carbocycles. The highest BCUT2D eigenvalue weighted by atomic mass is 35.5. The fourth-order valence-corrected chi connectivity index (χ4v) is 5.53. The number of amides is 3. The van der Waals surface area contributed by atoms with Gasteiger partial charge in [0.2, 0.25) is 5.91 Å². The molecule has 0 bridgehead atoms. The van der Waals surface area contributed by atoms with Crippen molar-refractivity contribution in [1.29, 1.82) is 0 Å². The van der Waals surface area contributed by atoms with E-state index in [9.17, 15) is 23.2 Å². The Bertz CT molecular complexity index is 1500. The van der Waals surface area contributed by atoms with Crippen LogP contribution in [0.3, 0.4) is 0 Å². The van der Waals surface area contributed by atoms with E-state index in [1.54, 1.807) is 24.0 Å². The van der Waals surface area contributed by atoms with Crippen LogP contribution in [0.2, 0.25) is 10.0 Å². The minimum Gasteiger partial charge on any atom is -0.357 e. The summed E-state index contributed by atoms with van der Waals surface area (Å²) in [5.41, 5.74) is 1.96. The van der Waals surface area contributed by atoms with E-state index < -0.39 is 18.5 Å². The van der Waals surface area contributed by atoms with E-state index in [0.29, 0.717) is 33.8 Å². The first-order valence-electron chi connectivity index (χ1n) is 12.6. The van der Waals surface area contributed by atoms with Crippen molar-refractivity contribution < 1.29 is 23.2 Å². The quantitative estimate of drug-likeness (QED) is 0.467. The maximum Gasteiger partial charge on any atom is 0.280 e. The molecule has 9 nitrogen and oxygen atoms in total. The Kier molecular flexibility index (Phi) is 7.54. The van der Waals surface area contributed by atoms with Crippen LogP contribution in [0.25, 0.3) is 0 Å². The largest absolute Gasteiger partial charge is 0.357 e. The average molecular weight is 591 g/mol. The zero-order valence-electron chi connectivity index (χ0n) is 21.9. The summed E-state index contributed by atoms with van der Waals surface area (Å²) in [5, 5.41) is 7.89. The third kappa shape index (κ3) is 4.81. The smallest absolute Gasteiger partial charge is 0.280 e. The van der Waals surface area contributed by atoms with Crippen LogP contribution in [0, 0.1) is 0 Å². The van der Waals surface area contributed by atoms with E-state index in [2.05, 4.69) is 15.4 Å². The Morgan fingerprint density at radius 3 is 2.52 bits per heavy atom. The highest BCUT2D eigenvalue weighted by Gasteiger charge is 2.43. The van der Waals surface area contributed by atoms with Crippen molar-refractivity contribution >= 4 is 40.9 Å². The zero-order valence-corrected chi connectivity index (χ0v) is 23.4. The van der Waals surface area contributed by atoms with Gasteiger partial charge < -0.3 is 15.1 Å². The van der Waals surface area contributed by atoms with Crippen molar-refractivity contribution in [2.75, 3.05) is 13.6 Å². The first kappa shape index (κ1) is 28.0.